The SMILES string of the molecule is CCOC(C1CCCCC1)C(N)C1=CCCCCCC1. The minimum atomic E-state index is 0.135. The van der Waals surface area contributed by atoms with Gasteiger partial charge in [0, 0.05) is 6.61 Å². The van der Waals surface area contributed by atoms with Crippen LogP contribution in [0.15, 0.2) is 11.6 Å². The molecule has 0 radical (unpaired) electrons. The zero-order chi connectivity index (χ0) is 14.2. The molecule has 1 saturated carbocycles. The van der Waals surface area contributed by atoms with E-state index in [-0.39, 0.29) is 12.1 Å². The summed E-state index contributed by atoms with van der Waals surface area (Å²) >= 11 is 0. The summed E-state index contributed by atoms with van der Waals surface area (Å²) < 4.78 is 6.10. The third kappa shape index (κ3) is 4.60. The molecule has 0 spiro atoms. The molecule has 2 nitrogen and oxygen atoms in total. The van der Waals surface area contributed by atoms with Gasteiger partial charge in [-0.1, -0.05) is 43.8 Å². The van der Waals surface area contributed by atoms with Crippen molar-refractivity contribution in [3.63, 3.8) is 0 Å². The van der Waals surface area contributed by atoms with E-state index in [1.165, 1.54) is 76.2 Å². The summed E-state index contributed by atoms with van der Waals surface area (Å²) in [5.74, 6) is 0.685. The molecule has 2 rings (SSSR count). The second kappa shape index (κ2) is 8.84. The van der Waals surface area contributed by atoms with Crippen LogP contribution in [0.4, 0.5) is 0 Å². The molecule has 20 heavy (non-hydrogen) atoms. The predicted octanol–water partition coefficient (Wildman–Crippen LogP) is 4.58. The molecule has 0 amide bonds. The maximum absolute atomic E-state index is 6.64. The van der Waals surface area contributed by atoms with Crippen molar-refractivity contribution in [1.82, 2.24) is 0 Å². The van der Waals surface area contributed by atoms with E-state index in [1.54, 1.807) is 0 Å². The average Bonchev–Trinajstić information content (AvgIpc) is 2.45. The number of hydrogen-bond donors (Lipinski definition) is 1. The number of ether oxygens (including phenoxy) is 1. The van der Waals surface area contributed by atoms with Gasteiger partial charge in [0.05, 0.1) is 12.1 Å². The zero-order valence-corrected chi connectivity index (χ0v) is 13.3. The Kier molecular flexibility index (Phi) is 7.09. The fourth-order valence-corrected chi connectivity index (χ4v) is 3.92. The summed E-state index contributed by atoms with van der Waals surface area (Å²) in [5, 5.41) is 0. The molecule has 2 heteroatoms. The summed E-state index contributed by atoms with van der Waals surface area (Å²) in [4.78, 5) is 0. The van der Waals surface area contributed by atoms with Gasteiger partial charge < -0.3 is 10.5 Å². The molecule has 116 valence electrons. The summed E-state index contributed by atoms with van der Waals surface area (Å²) in [5.41, 5.74) is 8.12. The van der Waals surface area contributed by atoms with Crippen LogP contribution in [-0.2, 0) is 4.74 Å². The molecule has 0 bridgehead atoms. The lowest BCUT2D eigenvalue weighted by Gasteiger charge is -2.35. The number of nitrogens with two attached hydrogens (primary N) is 1. The molecule has 2 N–H and O–H groups in total. The molecule has 0 aromatic heterocycles. The van der Waals surface area contributed by atoms with E-state index in [2.05, 4.69) is 13.0 Å². The van der Waals surface area contributed by atoms with Crippen molar-refractivity contribution in [2.24, 2.45) is 11.7 Å². The number of rotatable bonds is 5. The van der Waals surface area contributed by atoms with Crippen LogP contribution in [0, 0.1) is 5.92 Å². The molecular formula is C18H33NO. The Balaban J connectivity index is 2.01. The van der Waals surface area contributed by atoms with Gasteiger partial charge in [0.25, 0.3) is 0 Å². The molecule has 2 unspecified atom stereocenters. The molecular weight excluding hydrogens is 246 g/mol. The van der Waals surface area contributed by atoms with Gasteiger partial charge in [-0.3, -0.25) is 0 Å². The lowest BCUT2D eigenvalue weighted by Crippen LogP contribution is -2.44. The van der Waals surface area contributed by atoms with E-state index in [1.807, 2.05) is 0 Å². The van der Waals surface area contributed by atoms with Gasteiger partial charge >= 0.3 is 0 Å². The van der Waals surface area contributed by atoms with Gasteiger partial charge in [-0.15, -0.1) is 0 Å². The van der Waals surface area contributed by atoms with Crippen LogP contribution < -0.4 is 5.73 Å². The Morgan fingerprint density at radius 1 is 1.10 bits per heavy atom. The van der Waals surface area contributed by atoms with E-state index in [0.29, 0.717) is 5.92 Å². The van der Waals surface area contributed by atoms with Crippen molar-refractivity contribution in [3.8, 4) is 0 Å². The first-order valence-electron chi connectivity index (χ1n) is 8.89. The van der Waals surface area contributed by atoms with E-state index in [0.717, 1.165) is 6.61 Å². The molecule has 2 atom stereocenters. The Morgan fingerprint density at radius 3 is 2.55 bits per heavy atom. The Labute approximate surface area is 125 Å². The monoisotopic (exact) mass is 279 g/mol. The Morgan fingerprint density at radius 2 is 1.80 bits per heavy atom. The number of allylic oxidation sites excluding steroid dienone is 1. The third-order valence-corrected chi connectivity index (χ3v) is 5.08. The molecule has 1 fully saturated rings. The highest BCUT2D eigenvalue weighted by Crippen LogP contribution is 2.32. The number of hydrogen-bond acceptors (Lipinski definition) is 2. The maximum Gasteiger partial charge on any atom is 0.0792 e. The van der Waals surface area contributed by atoms with E-state index < -0.39 is 0 Å². The summed E-state index contributed by atoms with van der Waals surface area (Å²) in [6, 6.07) is 0.135. The van der Waals surface area contributed by atoms with Crippen molar-refractivity contribution < 1.29 is 4.74 Å². The van der Waals surface area contributed by atoms with Gasteiger partial charge in [0.15, 0.2) is 0 Å². The first-order chi connectivity index (χ1) is 9.83. The first-order valence-corrected chi connectivity index (χ1v) is 8.89. The second-order valence-corrected chi connectivity index (χ2v) is 6.58. The standard InChI is InChI=1S/C18H33NO/c1-2-20-18(16-13-9-6-10-14-16)17(19)15-11-7-4-3-5-8-12-15/h11,16-18H,2-10,12-14,19H2,1H3. The highest BCUT2D eigenvalue weighted by molar-refractivity contribution is 5.14. The Hall–Kier alpha value is -0.340. The minimum Gasteiger partial charge on any atom is -0.376 e. The van der Waals surface area contributed by atoms with Crippen LogP contribution in [0.2, 0.25) is 0 Å². The van der Waals surface area contributed by atoms with Crippen LogP contribution >= 0.6 is 0 Å². The molecule has 2 aliphatic carbocycles. The van der Waals surface area contributed by atoms with E-state index >= 15 is 0 Å². The Bertz CT molecular complexity index is 294. The van der Waals surface area contributed by atoms with Crippen LogP contribution in [-0.4, -0.2) is 18.8 Å². The van der Waals surface area contributed by atoms with Crippen molar-refractivity contribution in [2.45, 2.75) is 89.7 Å². The topological polar surface area (TPSA) is 35.2 Å². The van der Waals surface area contributed by atoms with Crippen molar-refractivity contribution in [3.05, 3.63) is 11.6 Å². The third-order valence-electron chi connectivity index (χ3n) is 5.08. The van der Waals surface area contributed by atoms with Crippen LogP contribution in [0.3, 0.4) is 0 Å². The maximum atomic E-state index is 6.64. The summed E-state index contributed by atoms with van der Waals surface area (Å²) in [6.07, 6.45) is 17.2. The predicted molar refractivity (Wildman–Crippen MR) is 85.7 cm³/mol. The van der Waals surface area contributed by atoms with Gasteiger partial charge in [0.1, 0.15) is 0 Å². The van der Waals surface area contributed by atoms with Crippen molar-refractivity contribution in [1.29, 1.82) is 0 Å². The average molecular weight is 279 g/mol. The largest absolute Gasteiger partial charge is 0.376 e. The summed E-state index contributed by atoms with van der Waals surface area (Å²) in [7, 11) is 0. The fraction of sp³-hybridized carbons (Fsp3) is 0.889. The first kappa shape index (κ1) is 16.0. The van der Waals surface area contributed by atoms with E-state index in [4.69, 9.17) is 10.5 Å². The van der Waals surface area contributed by atoms with Gasteiger partial charge in [0.2, 0.25) is 0 Å². The molecule has 0 aromatic carbocycles. The van der Waals surface area contributed by atoms with Gasteiger partial charge in [-0.25, -0.2) is 0 Å². The second-order valence-electron chi connectivity index (χ2n) is 6.58. The molecule has 0 aromatic rings. The quantitative estimate of drug-likeness (QED) is 0.748. The van der Waals surface area contributed by atoms with Crippen LogP contribution in [0.1, 0.15) is 77.6 Å². The fourth-order valence-electron chi connectivity index (χ4n) is 3.92. The van der Waals surface area contributed by atoms with Crippen molar-refractivity contribution >= 4 is 0 Å². The lowest BCUT2D eigenvalue weighted by atomic mass is 9.80. The van der Waals surface area contributed by atoms with Gasteiger partial charge in [-0.2, -0.15) is 0 Å². The van der Waals surface area contributed by atoms with E-state index in [9.17, 15) is 0 Å². The zero-order valence-electron chi connectivity index (χ0n) is 13.3. The molecule has 0 saturated heterocycles. The highest BCUT2D eigenvalue weighted by Gasteiger charge is 2.30. The van der Waals surface area contributed by atoms with Crippen molar-refractivity contribution in [2.75, 3.05) is 6.61 Å². The minimum absolute atomic E-state index is 0.135. The normalized spacial score (nSPS) is 25.4. The van der Waals surface area contributed by atoms with Gasteiger partial charge in [-0.05, 0) is 51.4 Å². The summed E-state index contributed by atoms with van der Waals surface area (Å²) in [6.45, 7) is 2.90. The lowest BCUT2D eigenvalue weighted by molar-refractivity contribution is -0.00296. The van der Waals surface area contributed by atoms with Crippen LogP contribution in [0.5, 0.6) is 0 Å². The molecule has 0 aliphatic heterocycles. The smallest absolute Gasteiger partial charge is 0.0792 e. The highest BCUT2D eigenvalue weighted by atomic mass is 16.5. The molecule has 2 aliphatic rings. The molecule has 0 heterocycles. The van der Waals surface area contributed by atoms with Crippen LogP contribution in [0.25, 0.3) is 0 Å².